The average molecular weight is 326 g/mol. The number of pyridine rings is 1. The minimum atomic E-state index is 0.512. The molecule has 2 rings (SSSR count). The molecule has 94 valence electrons. The molecule has 1 aromatic heterocycles. The second-order valence-electron chi connectivity index (χ2n) is 4.01. The van der Waals surface area contributed by atoms with Gasteiger partial charge in [0.15, 0.2) is 5.15 Å². The van der Waals surface area contributed by atoms with E-state index < -0.39 is 0 Å². The van der Waals surface area contributed by atoms with Crippen molar-refractivity contribution in [1.29, 1.82) is 0 Å². The number of rotatable bonds is 5. The maximum Gasteiger partial charge on any atom is 0.152 e. The van der Waals surface area contributed by atoms with Gasteiger partial charge in [0.2, 0.25) is 0 Å². The summed E-state index contributed by atoms with van der Waals surface area (Å²) in [5, 5.41) is 3.81. The van der Waals surface area contributed by atoms with Gasteiger partial charge >= 0.3 is 0 Å². The van der Waals surface area contributed by atoms with Crippen LogP contribution in [0.2, 0.25) is 5.15 Å². The normalized spacial score (nSPS) is 10.3. The molecule has 0 saturated carbocycles. The van der Waals surface area contributed by atoms with Crippen LogP contribution in [0.15, 0.2) is 47.1 Å². The summed E-state index contributed by atoms with van der Waals surface area (Å²) in [4.78, 5) is 4.07. The number of hydrogen-bond donors (Lipinski definition) is 1. The Balaban J connectivity index is 1.80. The highest BCUT2D eigenvalue weighted by atomic mass is 79.9. The smallest absolute Gasteiger partial charge is 0.152 e. The monoisotopic (exact) mass is 324 g/mol. The molecular weight excluding hydrogens is 312 g/mol. The standard InChI is InChI=1S/C14H14BrClN2/c15-12-9-13(14(16)18-10-12)17-8-4-7-11-5-2-1-3-6-11/h1-3,5-6,9-10,17H,4,7-8H2. The van der Waals surface area contributed by atoms with Crippen LogP contribution in [-0.4, -0.2) is 11.5 Å². The Morgan fingerprint density at radius 1 is 1.22 bits per heavy atom. The SMILES string of the molecule is Clc1ncc(Br)cc1NCCCc1ccccc1. The maximum absolute atomic E-state index is 6.00. The molecule has 2 aromatic rings. The number of benzene rings is 1. The second-order valence-corrected chi connectivity index (χ2v) is 5.28. The van der Waals surface area contributed by atoms with Crippen LogP contribution in [0.25, 0.3) is 0 Å². The summed E-state index contributed by atoms with van der Waals surface area (Å²) in [6.45, 7) is 0.882. The zero-order chi connectivity index (χ0) is 12.8. The van der Waals surface area contributed by atoms with E-state index in [9.17, 15) is 0 Å². The number of nitrogens with zero attached hydrogens (tertiary/aromatic N) is 1. The van der Waals surface area contributed by atoms with E-state index in [1.165, 1.54) is 5.56 Å². The average Bonchev–Trinajstić information content (AvgIpc) is 2.40. The van der Waals surface area contributed by atoms with E-state index in [1.807, 2.05) is 12.1 Å². The molecule has 0 amide bonds. The van der Waals surface area contributed by atoms with E-state index in [4.69, 9.17) is 11.6 Å². The molecule has 0 atom stereocenters. The van der Waals surface area contributed by atoms with Gasteiger partial charge in [-0.15, -0.1) is 0 Å². The minimum Gasteiger partial charge on any atom is -0.383 e. The Hall–Kier alpha value is -1.06. The van der Waals surface area contributed by atoms with Gasteiger partial charge in [0, 0.05) is 17.2 Å². The van der Waals surface area contributed by atoms with Gasteiger partial charge in [0.05, 0.1) is 5.69 Å². The number of aromatic nitrogens is 1. The highest BCUT2D eigenvalue weighted by molar-refractivity contribution is 9.10. The molecule has 0 saturated heterocycles. The Morgan fingerprint density at radius 2 is 2.00 bits per heavy atom. The molecule has 0 spiro atoms. The maximum atomic E-state index is 6.00. The molecule has 0 fully saturated rings. The van der Waals surface area contributed by atoms with E-state index in [0.717, 1.165) is 29.5 Å². The van der Waals surface area contributed by atoms with Gasteiger partial charge in [-0.25, -0.2) is 4.98 Å². The first-order valence-electron chi connectivity index (χ1n) is 5.84. The lowest BCUT2D eigenvalue weighted by Crippen LogP contribution is -2.04. The summed E-state index contributed by atoms with van der Waals surface area (Å²) in [5.41, 5.74) is 2.23. The topological polar surface area (TPSA) is 24.9 Å². The fraction of sp³-hybridized carbons (Fsp3) is 0.214. The number of halogens is 2. The summed E-state index contributed by atoms with van der Waals surface area (Å²) in [5.74, 6) is 0. The Kier molecular flexibility index (Phi) is 5.02. The Labute approximate surface area is 121 Å². The summed E-state index contributed by atoms with van der Waals surface area (Å²) < 4.78 is 0.928. The van der Waals surface area contributed by atoms with Crippen molar-refractivity contribution >= 4 is 33.2 Å². The molecule has 0 bridgehead atoms. The van der Waals surface area contributed by atoms with Gasteiger partial charge in [0.1, 0.15) is 0 Å². The molecule has 1 aromatic carbocycles. The minimum absolute atomic E-state index is 0.512. The van der Waals surface area contributed by atoms with E-state index in [-0.39, 0.29) is 0 Å². The van der Waals surface area contributed by atoms with E-state index >= 15 is 0 Å². The lowest BCUT2D eigenvalue weighted by Gasteiger charge is -2.08. The first kappa shape index (κ1) is 13.4. The molecule has 1 heterocycles. The third-order valence-corrected chi connectivity index (χ3v) is 3.34. The van der Waals surface area contributed by atoms with Crippen LogP contribution < -0.4 is 5.32 Å². The van der Waals surface area contributed by atoms with Crippen molar-refractivity contribution in [2.45, 2.75) is 12.8 Å². The molecule has 2 nitrogen and oxygen atoms in total. The highest BCUT2D eigenvalue weighted by Crippen LogP contribution is 2.22. The molecule has 0 aliphatic heterocycles. The molecular formula is C14H14BrClN2. The van der Waals surface area contributed by atoms with Gasteiger partial charge in [0.25, 0.3) is 0 Å². The number of hydrogen-bond acceptors (Lipinski definition) is 2. The molecule has 0 radical (unpaired) electrons. The molecule has 0 aliphatic rings. The number of aryl methyl sites for hydroxylation is 1. The summed E-state index contributed by atoms with van der Waals surface area (Å²) in [7, 11) is 0. The van der Waals surface area contributed by atoms with Crippen LogP contribution in [0, 0.1) is 0 Å². The van der Waals surface area contributed by atoms with E-state index in [0.29, 0.717) is 5.15 Å². The molecule has 1 N–H and O–H groups in total. The van der Waals surface area contributed by atoms with Crippen LogP contribution in [-0.2, 0) is 6.42 Å². The van der Waals surface area contributed by atoms with E-state index in [2.05, 4.69) is 50.5 Å². The fourth-order valence-electron chi connectivity index (χ4n) is 1.71. The third kappa shape index (κ3) is 4.00. The van der Waals surface area contributed by atoms with E-state index in [1.54, 1.807) is 6.20 Å². The molecule has 0 aliphatic carbocycles. The van der Waals surface area contributed by atoms with Crippen LogP contribution >= 0.6 is 27.5 Å². The van der Waals surface area contributed by atoms with Crippen molar-refractivity contribution in [2.24, 2.45) is 0 Å². The third-order valence-electron chi connectivity index (χ3n) is 2.61. The molecule has 0 unspecified atom stereocenters. The van der Waals surface area contributed by atoms with Crippen molar-refractivity contribution in [3.63, 3.8) is 0 Å². The second kappa shape index (κ2) is 6.76. The van der Waals surface area contributed by atoms with Crippen LogP contribution in [0.5, 0.6) is 0 Å². The van der Waals surface area contributed by atoms with Crippen molar-refractivity contribution in [3.8, 4) is 0 Å². The lowest BCUT2D eigenvalue weighted by molar-refractivity contribution is 0.862. The van der Waals surface area contributed by atoms with Crippen LogP contribution in [0.3, 0.4) is 0 Å². The van der Waals surface area contributed by atoms with Crippen molar-refractivity contribution in [2.75, 3.05) is 11.9 Å². The predicted octanol–water partition coefficient (Wildman–Crippen LogP) is 4.54. The Morgan fingerprint density at radius 3 is 2.78 bits per heavy atom. The number of anilines is 1. The van der Waals surface area contributed by atoms with Crippen molar-refractivity contribution in [3.05, 3.63) is 57.8 Å². The van der Waals surface area contributed by atoms with Crippen molar-refractivity contribution < 1.29 is 0 Å². The summed E-state index contributed by atoms with van der Waals surface area (Å²) in [6, 6.07) is 12.4. The zero-order valence-corrected chi connectivity index (χ0v) is 12.2. The quantitative estimate of drug-likeness (QED) is 0.645. The van der Waals surface area contributed by atoms with Gasteiger partial charge in [-0.05, 0) is 40.4 Å². The zero-order valence-electron chi connectivity index (χ0n) is 9.87. The lowest BCUT2D eigenvalue weighted by atomic mass is 10.1. The van der Waals surface area contributed by atoms with Gasteiger partial charge < -0.3 is 5.32 Å². The summed E-state index contributed by atoms with van der Waals surface area (Å²) >= 11 is 9.38. The van der Waals surface area contributed by atoms with Gasteiger partial charge in [-0.2, -0.15) is 0 Å². The molecule has 4 heteroatoms. The van der Waals surface area contributed by atoms with Crippen LogP contribution in [0.1, 0.15) is 12.0 Å². The predicted molar refractivity (Wildman–Crippen MR) is 80.2 cm³/mol. The van der Waals surface area contributed by atoms with Crippen LogP contribution in [0.4, 0.5) is 5.69 Å². The van der Waals surface area contributed by atoms with Gasteiger partial charge in [-0.3, -0.25) is 0 Å². The Bertz CT molecular complexity index is 502. The number of nitrogens with one attached hydrogen (secondary N) is 1. The first-order valence-corrected chi connectivity index (χ1v) is 7.01. The van der Waals surface area contributed by atoms with Crippen molar-refractivity contribution in [1.82, 2.24) is 4.98 Å². The van der Waals surface area contributed by atoms with Gasteiger partial charge in [-0.1, -0.05) is 41.9 Å². The fourth-order valence-corrected chi connectivity index (χ4v) is 2.21. The first-order chi connectivity index (χ1) is 8.75. The highest BCUT2D eigenvalue weighted by Gasteiger charge is 2.01. The summed E-state index contributed by atoms with van der Waals surface area (Å²) in [6.07, 6.45) is 3.82. The largest absolute Gasteiger partial charge is 0.383 e. The molecule has 18 heavy (non-hydrogen) atoms.